The Hall–Kier alpha value is -2.31. The van der Waals surface area contributed by atoms with Crippen LogP contribution in [0.5, 0.6) is 0 Å². The molecule has 1 amide bonds. The second-order valence-corrected chi connectivity index (χ2v) is 7.92. The van der Waals surface area contributed by atoms with Gasteiger partial charge in [0.25, 0.3) is 0 Å². The molecule has 2 aromatic rings. The van der Waals surface area contributed by atoms with E-state index in [1.165, 1.54) is 18.3 Å². The Bertz CT molecular complexity index is 775. The smallest absolute Gasteiger partial charge is 0.223 e. The van der Waals surface area contributed by atoms with Crippen molar-refractivity contribution in [1.82, 2.24) is 20.6 Å². The molecule has 1 aliphatic heterocycles. The minimum Gasteiger partial charge on any atom is -0.395 e. The second kappa shape index (κ2) is 8.80. The number of rotatable bonds is 6. The molecule has 2 fully saturated rings. The third kappa shape index (κ3) is 4.08. The van der Waals surface area contributed by atoms with Crippen molar-refractivity contribution in [2.75, 3.05) is 13.2 Å². The Balaban J connectivity index is 1.39. The summed E-state index contributed by atoms with van der Waals surface area (Å²) < 4.78 is 0. The monoisotopic (exact) mass is 380 g/mol. The highest BCUT2D eigenvalue weighted by Gasteiger charge is 2.41. The van der Waals surface area contributed by atoms with E-state index < -0.39 is 0 Å². The first kappa shape index (κ1) is 19.0. The molecule has 0 radical (unpaired) electrons. The van der Waals surface area contributed by atoms with Crippen LogP contribution in [0, 0.1) is 5.92 Å². The number of aliphatic hydroxyl groups excluding tert-OH is 1. The molecule has 148 valence electrons. The van der Waals surface area contributed by atoms with E-state index in [9.17, 15) is 9.90 Å². The number of hydrogen-bond acceptors (Lipinski definition) is 5. The number of benzene rings is 1. The summed E-state index contributed by atoms with van der Waals surface area (Å²) in [5, 5.41) is 16.2. The third-order valence-electron chi connectivity index (χ3n) is 6.15. The van der Waals surface area contributed by atoms with Crippen LogP contribution in [0.15, 0.2) is 43.0 Å². The van der Waals surface area contributed by atoms with Crippen LogP contribution in [-0.4, -0.2) is 46.2 Å². The summed E-state index contributed by atoms with van der Waals surface area (Å²) >= 11 is 0. The van der Waals surface area contributed by atoms with E-state index in [1.54, 1.807) is 12.4 Å². The number of carbonyl (C=O) groups is 1. The van der Waals surface area contributed by atoms with Crippen molar-refractivity contribution in [2.24, 2.45) is 5.92 Å². The van der Waals surface area contributed by atoms with Crippen molar-refractivity contribution in [3.63, 3.8) is 0 Å². The predicted molar refractivity (Wildman–Crippen MR) is 108 cm³/mol. The second-order valence-electron chi connectivity index (χ2n) is 7.92. The summed E-state index contributed by atoms with van der Waals surface area (Å²) in [4.78, 5) is 20.6. The molecule has 3 atom stereocenters. The van der Waals surface area contributed by atoms with Gasteiger partial charge in [-0.1, -0.05) is 43.5 Å². The van der Waals surface area contributed by atoms with Crippen LogP contribution in [0.4, 0.5) is 0 Å². The topological polar surface area (TPSA) is 87.1 Å². The maximum Gasteiger partial charge on any atom is 0.223 e. The highest BCUT2D eigenvalue weighted by Crippen LogP contribution is 2.33. The van der Waals surface area contributed by atoms with Gasteiger partial charge in [0.15, 0.2) is 0 Å². The first-order chi connectivity index (χ1) is 13.8. The van der Waals surface area contributed by atoms with Gasteiger partial charge in [0, 0.05) is 48.4 Å². The molecule has 1 aliphatic carbocycles. The van der Waals surface area contributed by atoms with Crippen LogP contribution in [0.1, 0.15) is 43.6 Å². The average Bonchev–Trinajstić information content (AvgIpc) is 2.75. The number of aliphatic hydroxyl groups is 1. The van der Waals surface area contributed by atoms with Crippen LogP contribution in [0.25, 0.3) is 11.1 Å². The van der Waals surface area contributed by atoms with E-state index in [0.29, 0.717) is 6.54 Å². The van der Waals surface area contributed by atoms with Gasteiger partial charge in [-0.3, -0.25) is 4.79 Å². The predicted octanol–water partition coefficient (Wildman–Crippen LogP) is 2.26. The Morgan fingerprint density at radius 1 is 1.04 bits per heavy atom. The lowest BCUT2D eigenvalue weighted by Gasteiger charge is -2.46. The van der Waals surface area contributed by atoms with Crippen LogP contribution in [0.3, 0.4) is 0 Å². The fourth-order valence-electron chi connectivity index (χ4n) is 4.53. The maximum atomic E-state index is 12.4. The molecule has 4 rings (SSSR count). The molecule has 1 saturated carbocycles. The zero-order chi connectivity index (χ0) is 19.3. The average molecular weight is 380 g/mol. The van der Waals surface area contributed by atoms with Gasteiger partial charge >= 0.3 is 0 Å². The van der Waals surface area contributed by atoms with Crippen molar-refractivity contribution in [3.8, 4) is 11.1 Å². The van der Waals surface area contributed by atoms with Gasteiger partial charge in [0.1, 0.15) is 6.33 Å². The summed E-state index contributed by atoms with van der Waals surface area (Å²) in [7, 11) is 0. The van der Waals surface area contributed by atoms with E-state index in [0.717, 1.165) is 36.8 Å². The molecule has 1 aromatic heterocycles. The Morgan fingerprint density at radius 3 is 2.43 bits per heavy atom. The normalized spacial score (nSPS) is 25.1. The molecular weight excluding hydrogens is 352 g/mol. The SMILES string of the molecule is O=C(NC[C@@H]1N[C@H](CO)[C@@H]1c1ccc(-c2cncnc2)cc1)C1CCCCC1. The largest absolute Gasteiger partial charge is 0.395 e. The zero-order valence-electron chi connectivity index (χ0n) is 16.1. The van der Waals surface area contributed by atoms with Crippen LogP contribution < -0.4 is 10.6 Å². The first-order valence-corrected chi connectivity index (χ1v) is 10.3. The lowest BCUT2D eigenvalue weighted by atomic mass is 9.77. The standard InChI is InChI=1S/C22H28N4O2/c27-13-20-21(16-8-6-15(7-9-16)18-10-23-14-24-11-18)19(26-20)12-25-22(28)17-4-2-1-3-5-17/h6-11,14,17,19-21,26-27H,1-5,12-13H2,(H,25,28)/t19-,20+,21+/m0/s1. The van der Waals surface area contributed by atoms with Crippen LogP contribution in [0.2, 0.25) is 0 Å². The Labute approximate surface area is 165 Å². The van der Waals surface area contributed by atoms with Crippen molar-refractivity contribution in [2.45, 2.75) is 50.1 Å². The molecular formula is C22H28N4O2. The van der Waals surface area contributed by atoms with Crippen molar-refractivity contribution >= 4 is 5.91 Å². The van der Waals surface area contributed by atoms with Gasteiger partial charge in [-0.2, -0.15) is 0 Å². The number of nitrogens with one attached hydrogen (secondary N) is 2. The number of amides is 1. The van der Waals surface area contributed by atoms with Crippen LogP contribution >= 0.6 is 0 Å². The van der Waals surface area contributed by atoms with Crippen molar-refractivity contribution in [3.05, 3.63) is 48.5 Å². The minimum atomic E-state index is 0.0301. The number of hydrogen-bond donors (Lipinski definition) is 3. The summed E-state index contributed by atoms with van der Waals surface area (Å²) in [6, 6.07) is 8.52. The summed E-state index contributed by atoms with van der Waals surface area (Å²) in [6.07, 6.45) is 10.7. The van der Waals surface area contributed by atoms with Crippen molar-refractivity contribution in [1.29, 1.82) is 0 Å². The summed E-state index contributed by atoms with van der Waals surface area (Å²) in [5.74, 6) is 0.554. The van der Waals surface area contributed by atoms with Gasteiger partial charge in [-0.25, -0.2) is 9.97 Å². The molecule has 1 aromatic carbocycles. The first-order valence-electron chi connectivity index (χ1n) is 10.3. The van der Waals surface area contributed by atoms with E-state index in [1.807, 2.05) is 0 Å². The lowest BCUT2D eigenvalue weighted by molar-refractivity contribution is -0.126. The fourth-order valence-corrected chi connectivity index (χ4v) is 4.53. The van der Waals surface area contributed by atoms with E-state index in [2.05, 4.69) is 44.9 Å². The van der Waals surface area contributed by atoms with Crippen LogP contribution in [-0.2, 0) is 4.79 Å². The van der Waals surface area contributed by atoms with Gasteiger partial charge in [0.05, 0.1) is 6.61 Å². The molecule has 0 unspecified atom stereocenters. The molecule has 0 bridgehead atoms. The van der Waals surface area contributed by atoms with Gasteiger partial charge in [0.2, 0.25) is 5.91 Å². The molecule has 2 aliphatic rings. The molecule has 1 saturated heterocycles. The van der Waals surface area contributed by atoms with Gasteiger partial charge in [-0.05, 0) is 24.0 Å². The van der Waals surface area contributed by atoms with Gasteiger partial charge in [-0.15, -0.1) is 0 Å². The number of aromatic nitrogens is 2. The Kier molecular flexibility index (Phi) is 5.98. The zero-order valence-corrected chi connectivity index (χ0v) is 16.1. The van der Waals surface area contributed by atoms with Crippen molar-refractivity contribution < 1.29 is 9.90 Å². The maximum absolute atomic E-state index is 12.4. The molecule has 2 heterocycles. The van der Waals surface area contributed by atoms with E-state index >= 15 is 0 Å². The third-order valence-corrected chi connectivity index (χ3v) is 6.15. The molecule has 28 heavy (non-hydrogen) atoms. The molecule has 0 spiro atoms. The minimum absolute atomic E-state index is 0.0301. The quantitative estimate of drug-likeness (QED) is 0.716. The molecule has 6 heteroatoms. The van der Waals surface area contributed by atoms with Gasteiger partial charge < -0.3 is 15.7 Å². The lowest BCUT2D eigenvalue weighted by Crippen LogP contribution is -2.64. The highest BCUT2D eigenvalue weighted by atomic mass is 16.3. The summed E-state index contributed by atoms with van der Waals surface area (Å²) in [6.45, 7) is 0.691. The molecule has 3 N–H and O–H groups in total. The summed E-state index contributed by atoms with van der Waals surface area (Å²) in [5.41, 5.74) is 3.23. The number of nitrogens with zero attached hydrogens (tertiary/aromatic N) is 2. The molecule has 6 nitrogen and oxygen atoms in total. The van der Waals surface area contributed by atoms with E-state index in [-0.39, 0.29) is 36.4 Å². The number of carbonyl (C=O) groups excluding carboxylic acids is 1. The van der Waals surface area contributed by atoms with E-state index in [4.69, 9.17) is 0 Å². The highest BCUT2D eigenvalue weighted by molar-refractivity contribution is 5.78. The Morgan fingerprint density at radius 2 is 1.75 bits per heavy atom. The fraction of sp³-hybridized carbons (Fsp3) is 0.500.